The zero-order valence-electron chi connectivity index (χ0n) is 16.0. The number of nitriles is 1. The van der Waals surface area contributed by atoms with Crippen LogP contribution in [0, 0.1) is 25.2 Å². The molecule has 0 saturated carbocycles. The molecule has 0 aromatic carbocycles. The van der Waals surface area contributed by atoms with E-state index in [9.17, 15) is 5.26 Å². The van der Waals surface area contributed by atoms with Gasteiger partial charge in [-0.2, -0.15) is 5.26 Å². The van der Waals surface area contributed by atoms with Gasteiger partial charge < -0.3 is 14.2 Å². The minimum atomic E-state index is 0.647. The molecule has 0 bridgehead atoms. The van der Waals surface area contributed by atoms with Gasteiger partial charge in [-0.25, -0.2) is 15.0 Å². The van der Waals surface area contributed by atoms with Gasteiger partial charge in [-0.1, -0.05) is 6.92 Å². The second-order valence-electron chi connectivity index (χ2n) is 6.91. The van der Waals surface area contributed by atoms with Crippen molar-refractivity contribution in [2.24, 2.45) is 0 Å². The number of aryl methyl sites for hydroxylation is 3. The van der Waals surface area contributed by atoms with E-state index in [0.717, 1.165) is 67.0 Å². The summed E-state index contributed by atoms with van der Waals surface area (Å²) in [4.78, 5) is 18.1. The second-order valence-corrected chi connectivity index (χ2v) is 6.91. The Morgan fingerprint density at radius 2 is 1.74 bits per heavy atom. The van der Waals surface area contributed by atoms with Gasteiger partial charge in [0.2, 0.25) is 5.95 Å². The number of imidazole rings is 1. The van der Waals surface area contributed by atoms with Gasteiger partial charge in [0, 0.05) is 55.7 Å². The number of pyridine rings is 1. The third kappa shape index (κ3) is 3.08. The third-order valence-corrected chi connectivity index (χ3v) is 5.08. The van der Waals surface area contributed by atoms with Crippen LogP contribution in [0.25, 0.3) is 5.65 Å². The van der Waals surface area contributed by atoms with E-state index in [-0.39, 0.29) is 0 Å². The molecule has 7 nitrogen and oxygen atoms in total. The average Bonchev–Trinajstić information content (AvgIpc) is 3.10. The largest absolute Gasteiger partial charge is 0.367 e. The van der Waals surface area contributed by atoms with Crippen LogP contribution in [0.3, 0.4) is 0 Å². The number of hydrogen-bond donors (Lipinski definition) is 0. The number of hydrogen-bond acceptors (Lipinski definition) is 6. The summed E-state index contributed by atoms with van der Waals surface area (Å²) in [6, 6.07) is 6.39. The zero-order chi connectivity index (χ0) is 19.0. The Morgan fingerprint density at radius 3 is 2.37 bits per heavy atom. The van der Waals surface area contributed by atoms with Crippen LogP contribution >= 0.6 is 0 Å². The standard InChI is InChI=1S/C20H23N7/c1-4-16-13-22-19-17(12-21)18(5-6-27(16)19)25-7-9-26(10-8-25)20-23-14(2)11-15(3)24-20/h5-6,11,13H,4,7-10H2,1-3H3. The van der Waals surface area contributed by atoms with Gasteiger partial charge in [0.05, 0.1) is 5.69 Å². The lowest BCUT2D eigenvalue weighted by Gasteiger charge is -2.36. The summed E-state index contributed by atoms with van der Waals surface area (Å²) in [6.45, 7) is 9.39. The number of anilines is 2. The predicted octanol–water partition coefficient (Wildman–Crippen LogP) is 2.50. The first-order valence-electron chi connectivity index (χ1n) is 9.32. The van der Waals surface area contributed by atoms with E-state index in [1.54, 1.807) is 0 Å². The molecule has 0 N–H and O–H groups in total. The molecule has 3 aromatic heterocycles. The smallest absolute Gasteiger partial charge is 0.225 e. The second kappa shape index (κ2) is 6.88. The predicted molar refractivity (Wildman–Crippen MR) is 105 cm³/mol. The fourth-order valence-corrected chi connectivity index (χ4v) is 3.72. The Hall–Kier alpha value is -3.14. The molecule has 138 valence electrons. The van der Waals surface area contributed by atoms with E-state index in [1.165, 1.54) is 0 Å². The maximum atomic E-state index is 9.76. The van der Waals surface area contributed by atoms with Crippen LogP contribution < -0.4 is 9.80 Å². The first-order valence-corrected chi connectivity index (χ1v) is 9.32. The van der Waals surface area contributed by atoms with Gasteiger partial charge >= 0.3 is 0 Å². The van der Waals surface area contributed by atoms with E-state index in [1.807, 2.05) is 42.8 Å². The van der Waals surface area contributed by atoms with E-state index in [0.29, 0.717) is 5.56 Å². The highest BCUT2D eigenvalue weighted by molar-refractivity contribution is 5.71. The molecule has 0 amide bonds. The summed E-state index contributed by atoms with van der Waals surface area (Å²) in [5.41, 5.74) is 5.44. The first-order chi connectivity index (χ1) is 13.1. The van der Waals surface area contributed by atoms with Crippen LogP contribution in [0.15, 0.2) is 24.5 Å². The first kappa shape index (κ1) is 17.3. The van der Waals surface area contributed by atoms with Gasteiger partial charge in [0.15, 0.2) is 5.65 Å². The Labute approximate surface area is 158 Å². The topological polar surface area (TPSA) is 73.3 Å². The highest BCUT2D eigenvalue weighted by atomic mass is 15.3. The molecule has 1 saturated heterocycles. The fraction of sp³-hybridized carbons (Fsp3) is 0.400. The lowest BCUT2D eigenvalue weighted by Crippen LogP contribution is -2.47. The lowest BCUT2D eigenvalue weighted by atomic mass is 10.2. The van der Waals surface area contributed by atoms with Crippen LogP contribution in [-0.4, -0.2) is 45.5 Å². The van der Waals surface area contributed by atoms with Gasteiger partial charge in [-0.05, 0) is 32.4 Å². The number of nitrogens with zero attached hydrogens (tertiary/aromatic N) is 7. The van der Waals surface area contributed by atoms with Gasteiger partial charge in [-0.15, -0.1) is 0 Å². The lowest BCUT2D eigenvalue weighted by molar-refractivity contribution is 0.637. The Balaban J connectivity index is 1.58. The van der Waals surface area contributed by atoms with Crippen LogP contribution in [0.5, 0.6) is 0 Å². The Bertz CT molecular complexity index is 1000. The maximum Gasteiger partial charge on any atom is 0.225 e. The van der Waals surface area contributed by atoms with E-state index in [4.69, 9.17) is 0 Å². The zero-order valence-corrected chi connectivity index (χ0v) is 16.0. The molecule has 1 aliphatic heterocycles. The molecule has 27 heavy (non-hydrogen) atoms. The van der Waals surface area contributed by atoms with Gasteiger partial charge in [0.25, 0.3) is 0 Å². The van der Waals surface area contributed by atoms with E-state index < -0.39 is 0 Å². The fourth-order valence-electron chi connectivity index (χ4n) is 3.72. The molecule has 0 atom stereocenters. The summed E-state index contributed by atoms with van der Waals surface area (Å²) in [5, 5.41) is 9.76. The van der Waals surface area contributed by atoms with Crippen molar-refractivity contribution < 1.29 is 0 Å². The number of aromatic nitrogens is 4. The van der Waals surface area contributed by atoms with Crippen molar-refractivity contribution in [3.8, 4) is 6.07 Å². The third-order valence-electron chi connectivity index (χ3n) is 5.08. The summed E-state index contributed by atoms with van der Waals surface area (Å²) in [6.07, 6.45) is 4.77. The quantitative estimate of drug-likeness (QED) is 0.714. The number of piperazine rings is 1. The molecule has 0 radical (unpaired) electrons. The summed E-state index contributed by atoms with van der Waals surface area (Å²) in [7, 11) is 0. The Morgan fingerprint density at radius 1 is 1.07 bits per heavy atom. The maximum absolute atomic E-state index is 9.76. The van der Waals surface area contributed by atoms with Gasteiger partial charge in [0.1, 0.15) is 11.6 Å². The number of fused-ring (bicyclic) bond motifs is 1. The average molecular weight is 361 g/mol. The Kier molecular flexibility index (Phi) is 4.40. The minimum Gasteiger partial charge on any atom is -0.367 e. The molecule has 3 aromatic rings. The van der Waals surface area contributed by atoms with Crippen LogP contribution in [0.2, 0.25) is 0 Å². The van der Waals surface area contributed by atoms with Gasteiger partial charge in [-0.3, -0.25) is 0 Å². The molecule has 0 unspecified atom stereocenters. The highest BCUT2D eigenvalue weighted by Gasteiger charge is 2.23. The van der Waals surface area contributed by atoms with Crippen molar-refractivity contribution in [1.29, 1.82) is 5.26 Å². The molecule has 4 heterocycles. The van der Waals surface area contributed by atoms with Crippen molar-refractivity contribution in [3.63, 3.8) is 0 Å². The monoisotopic (exact) mass is 361 g/mol. The molecule has 0 aliphatic carbocycles. The molecule has 4 rings (SSSR count). The molecule has 0 spiro atoms. The number of rotatable bonds is 3. The van der Waals surface area contributed by atoms with E-state index >= 15 is 0 Å². The van der Waals surface area contributed by atoms with Crippen molar-refractivity contribution in [1.82, 2.24) is 19.4 Å². The van der Waals surface area contributed by atoms with Crippen LogP contribution in [-0.2, 0) is 6.42 Å². The van der Waals surface area contributed by atoms with Crippen molar-refractivity contribution in [2.75, 3.05) is 36.0 Å². The summed E-state index contributed by atoms with van der Waals surface area (Å²) >= 11 is 0. The summed E-state index contributed by atoms with van der Waals surface area (Å²) in [5.74, 6) is 0.795. The van der Waals surface area contributed by atoms with Crippen molar-refractivity contribution in [3.05, 3.63) is 47.2 Å². The van der Waals surface area contributed by atoms with Crippen LogP contribution in [0.1, 0.15) is 29.6 Å². The molecule has 1 aliphatic rings. The molecular weight excluding hydrogens is 338 g/mol. The highest BCUT2D eigenvalue weighted by Crippen LogP contribution is 2.26. The van der Waals surface area contributed by atoms with Crippen LogP contribution in [0.4, 0.5) is 11.6 Å². The summed E-state index contributed by atoms with van der Waals surface area (Å²) < 4.78 is 2.02. The SMILES string of the molecule is CCc1cnc2c(C#N)c(N3CCN(c4nc(C)cc(C)n4)CC3)ccn12. The van der Waals surface area contributed by atoms with E-state index in [2.05, 4.69) is 37.7 Å². The molecular formula is C20H23N7. The van der Waals surface area contributed by atoms with Crippen molar-refractivity contribution in [2.45, 2.75) is 27.2 Å². The molecule has 7 heteroatoms. The normalized spacial score (nSPS) is 14.6. The minimum absolute atomic E-state index is 0.647. The van der Waals surface area contributed by atoms with Crippen molar-refractivity contribution >= 4 is 17.3 Å². The molecule has 1 fully saturated rings.